The number of nitriles is 1. The first-order valence-electron chi connectivity index (χ1n) is 13.2. The number of aliphatic hydroxyl groups excluding tert-OH is 1. The van der Waals surface area contributed by atoms with Crippen LogP contribution in [-0.2, 0) is 25.9 Å². The molecule has 0 spiro atoms. The Morgan fingerprint density at radius 2 is 1.92 bits per heavy atom. The number of hydrogen-bond acceptors (Lipinski definition) is 7. The van der Waals surface area contributed by atoms with E-state index in [1.165, 1.54) is 4.31 Å². The van der Waals surface area contributed by atoms with E-state index in [0.717, 1.165) is 11.1 Å². The van der Waals surface area contributed by atoms with Gasteiger partial charge < -0.3 is 19.9 Å². The van der Waals surface area contributed by atoms with Gasteiger partial charge in [-0.1, -0.05) is 61.9 Å². The number of aliphatic hydroxyl groups is 1. The summed E-state index contributed by atoms with van der Waals surface area (Å²) < 4.78 is 39.6. The Balaban J connectivity index is 1.87. The van der Waals surface area contributed by atoms with Crippen LogP contribution < -0.4 is 5.32 Å². The van der Waals surface area contributed by atoms with E-state index in [1.54, 1.807) is 24.3 Å². The van der Waals surface area contributed by atoms with Gasteiger partial charge in [-0.25, -0.2) is 13.2 Å². The molecule has 2 N–H and O–H groups in total. The van der Waals surface area contributed by atoms with Gasteiger partial charge >= 0.3 is 6.09 Å². The van der Waals surface area contributed by atoms with Crippen LogP contribution in [-0.4, -0.2) is 68.5 Å². The molecule has 39 heavy (non-hydrogen) atoms. The summed E-state index contributed by atoms with van der Waals surface area (Å²) in [6.07, 6.45) is -0.658. The molecule has 0 aliphatic carbocycles. The van der Waals surface area contributed by atoms with E-state index in [9.17, 15) is 18.3 Å². The monoisotopic (exact) mass is 557 g/mol. The molecule has 0 bridgehead atoms. The topological polar surface area (TPSA) is 129 Å². The number of alkyl carbamates (subject to hydrolysis) is 1. The Labute approximate surface area is 231 Å². The molecule has 212 valence electrons. The maximum absolute atomic E-state index is 13.8. The highest BCUT2D eigenvalue weighted by atomic mass is 32.2. The van der Waals surface area contributed by atoms with E-state index < -0.39 is 33.7 Å². The van der Waals surface area contributed by atoms with Crippen LogP contribution in [0.4, 0.5) is 4.79 Å². The average Bonchev–Trinajstić information content (AvgIpc) is 3.40. The first-order chi connectivity index (χ1) is 18.5. The fourth-order valence-electron chi connectivity index (χ4n) is 4.49. The summed E-state index contributed by atoms with van der Waals surface area (Å²) in [5, 5.41) is 23.3. The quantitative estimate of drug-likeness (QED) is 0.383. The number of nitrogens with zero attached hydrogens (tertiary/aromatic N) is 2. The Morgan fingerprint density at radius 3 is 2.54 bits per heavy atom. The smallest absolute Gasteiger partial charge is 0.407 e. The summed E-state index contributed by atoms with van der Waals surface area (Å²) in [6.45, 7) is 6.34. The lowest BCUT2D eigenvalue weighted by Crippen LogP contribution is -2.52. The highest BCUT2D eigenvalue weighted by molar-refractivity contribution is 7.89. The molecule has 2 unspecified atom stereocenters. The van der Waals surface area contributed by atoms with Gasteiger partial charge in [0.1, 0.15) is 6.10 Å². The van der Waals surface area contributed by atoms with Gasteiger partial charge in [-0.2, -0.15) is 9.57 Å². The highest BCUT2D eigenvalue weighted by Gasteiger charge is 2.35. The third-order valence-electron chi connectivity index (χ3n) is 6.80. The van der Waals surface area contributed by atoms with Crippen LogP contribution >= 0.6 is 0 Å². The average molecular weight is 558 g/mol. The van der Waals surface area contributed by atoms with E-state index in [2.05, 4.69) is 11.4 Å². The minimum absolute atomic E-state index is 0.0872. The van der Waals surface area contributed by atoms with Gasteiger partial charge in [-0.15, -0.1) is 0 Å². The summed E-state index contributed by atoms with van der Waals surface area (Å²) in [5.41, 5.74) is 1.26. The van der Waals surface area contributed by atoms with Crippen molar-refractivity contribution in [1.82, 2.24) is 9.62 Å². The van der Waals surface area contributed by atoms with Crippen LogP contribution in [0.15, 0.2) is 59.5 Å². The molecule has 0 radical (unpaired) electrons. The zero-order chi connectivity index (χ0) is 28.5. The molecular weight excluding hydrogens is 518 g/mol. The Kier molecular flexibility index (Phi) is 10.9. The summed E-state index contributed by atoms with van der Waals surface area (Å²) in [5.74, 6) is 0. The van der Waals surface area contributed by atoms with Gasteiger partial charge in [0.25, 0.3) is 0 Å². The minimum atomic E-state index is -3.99. The number of ether oxygens (including phenoxy) is 2. The SMILES string of the molecule is Cc1ccc(S(=O)(=O)N(CC(O)[C@H](Cc2ccccc2)NC(=O)OC2CCOC2)CC(C)(C)CCC#N)cc1. The summed E-state index contributed by atoms with van der Waals surface area (Å²) >= 11 is 0. The van der Waals surface area contributed by atoms with Crippen molar-refractivity contribution in [2.24, 2.45) is 5.41 Å². The fourth-order valence-corrected chi connectivity index (χ4v) is 6.13. The van der Waals surface area contributed by atoms with E-state index in [4.69, 9.17) is 14.7 Å². The van der Waals surface area contributed by atoms with Gasteiger partial charge in [0.15, 0.2) is 0 Å². The molecule has 10 heteroatoms. The van der Waals surface area contributed by atoms with Gasteiger partial charge in [0, 0.05) is 25.9 Å². The Hall–Kier alpha value is -2.97. The molecule has 2 aromatic rings. The van der Waals surface area contributed by atoms with E-state index in [-0.39, 0.29) is 36.9 Å². The standard InChI is InChI=1S/C29H39N3O6S/c1-22-10-12-25(13-11-22)39(35,36)32(21-29(2,3)15-7-16-30)19-27(33)26(18-23-8-5-4-6-9-23)31-28(34)38-24-14-17-37-20-24/h4-6,8-13,24,26-27,33H,7,14-15,17-21H2,1-3H3,(H,31,34)/t24?,26-,27?/m0/s1. The van der Waals surface area contributed by atoms with Gasteiger partial charge in [-0.05, 0) is 42.9 Å². The largest absolute Gasteiger partial charge is 0.444 e. The second-order valence-electron chi connectivity index (χ2n) is 10.8. The molecule has 9 nitrogen and oxygen atoms in total. The van der Waals surface area contributed by atoms with Crippen LogP contribution in [0, 0.1) is 23.7 Å². The Morgan fingerprint density at radius 1 is 1.23 bits per heavy atom. The first-order valence-corrected chi connectivity index (χ1v) is 14.6. The van der Waals surface area contributed by atoms with Crippen LogP contribution in [0.25, 0.3) is 0 Å². The second-order valence-corrected chi connectivity index (χ2v) is 12.8. The number of hydrogen-bond donors (Lipinski definition) is 2. The number of aryl methyl sites for hydroxylation is 1. The van der Waals surface area contributed by atoms with Crippen molar-refractivity contribution in [1.29, 1.82) is 5.26 Å². The lowest BCUT2D eigenvalue weighted by Gasteiger charge is -2.34. The summed E-state index contributed by atoms with van der Waals surface area (Å²) in [7, 11) is -3.99. The third kappa shape index (κ3) is 9.32. The van der Waals surface area contributed by atoms with Crippen molar-refractivity contribution in [3.05, 3.63) is 65.7 Å². The van der Waals surface area contributed by atoms with Crippen molar-refractivity contribution in [3.63, 3.8) is 0 Å². The molecule has 3 rings (SSSR count). The zero-order valence-electron chi connectivity index (χ0n) is 22.9. The molecule has 0 aromatic heterocycles. The van der Waals surface area contributed by atoms with E-state index >= 15 is 0 Å². The van der Waals surface area contributed by atoms with E-state index in [1.807, 2.05) is 51.1 Å². The number of carbonyl (C=O) groups excluding carboxylic acids is 1. The number of amides is 1. The summed E-state index contributed by atoms with van der Waals surface area (Å²) in [4.78, 5) is 12.8. The predicted molar refractivity (Wildman–Crippen MR) is 147 cm³/mol. The van der Waals surface area contributed by atoms with Gasteiger partial charge in [0.2, 0.25) is 10.0 Å². The molecule has 0 saturated carbocycles. The lowest BCUT2D eigenvalue weighted by atomic mass is 9.88. The van der Waals surface area contributed by atoms with Crippen molar-refractivity contribution < 1.29 is 27.8 Å². The van der Waals surface area contributed by atoms with E-state index in [0.29, 0.717) is 26.1 Å². The van der Waals surface area contributed by atoms with Crippen molar-refractivity contribution in [2.45, 2.75) is 69.6 Å². The first kappa shape index (κ1) is 30.6. The molecule has 1 amide bonds. The third-order valence-corrected chi connectivity index (χ3v) is 8.62. The normalized spacial score (nSPS) is 17.4. The number of benzene rings is 2. The number of nitrogens with one attached hydrogen (secondary N) is 1. The van der Waals surface area contributed by atoms with Gasteiger partial charge in [0.05, 0.1) is 36.3 Å². The molecule has 2 aromatic carbocycles. The molecule has 1 saturated heterocycles. The van der Waals surface area contributed by atoms with Crippen molar-refractivity contribution >= 4 is 16.1 Å². The molecule has 1 fully saturated rings. The van der Waals surface area contributed by atoms with Crippen LogP contribution in [0.2, 0.25) is 0 Å². The number of carbonyl (C=O) groups is 1. The minimum Gasteiger partial charge on any atom is -0.444 e. The molecule has 1 heterocycles. The highest BCUT2D eigenvalue weighted by Crippen LogP contribution is 2.28. The maximum atomic E-state index is 13.8. The maximum Gasteiger partial charge on any atom is 0.407 e. The number of rotatable bonds is 13. The van der Waals surface area contributed by atoms with Crippen molar-refractivity contribution in [3.8, 4) is 6.07 Å². The second kappa shape index (κ2) is 13.9. The molecule has 3 atom stereocenters. The fraction of sp³-hybridized carbons (Fsp3) is 0.517. The summed E-state index contributed by atoms with van der Waals surface area (Å²) in [6, 6.07) is 17.2. The van der Waals surface area contributed by atoms with Crippen LogP contribution in [0.3, 0.4) is 0 Å². The molecular formula is C29H39N3O6S. The van der Waals surface area contributed by atoms with Crippen LogP contribution in [0.1, 0.15) is 44.2 Å². The Bertz CT molecular complexity index is 1210. The predicted octanol–water partition coefficient (Wildman–Crippen LogP) is 3.80. The van der Waals surface area contributed by atoms with Crippen LogP contribution in [0.5, 0.6) is 0 Å². The number of sulfonamides is 1. The van der Waals surface area contributed by atoms with Crippen molar-refractivity contribution in [2.75, 3.05) is 26.3 Å². The molecule has 1 aliphatic rings. The molecule has 1 aliphatic heterocycles. The van der Waals surface area contributed by atoms with Gasteiger partial charge in [-0.3, -0.25) is 0 Å². The zero-order valence-corrected chi connectivity index (χ0v) is 23.7. The lowest BCUT2D eigenvalue weighted by molar-refractivity contribution is 0.0625.